The molecule has 22 heavy (non-hydrogen) atoms. The molecule has 0 saturated heterocycles. The number of hydrogen-bond acceptors (Lipinski definition) is 5. The number of alkyl halides is 3. The van der Waals surface area contributed by atoms with Gasteiger partial charge in [0.2, 0.25) is 5.95 Å². The summed E-state index contributed by atoms with van der Waals surface area (Å²) in [4.78, 5) is 9.41. The van der Waals surface area contributed by atoms with Gasteiger partial charge in [0.1, 0.15) is 5.82 Å². The number of thioether (sulfide) groups is 1. The van der Waals surface area contributed by atoms with Crippen LogP contribution in [0.5, 0.6) is 0 Å². The molecule has 0 amide bonds. The van der Waals surface area contributed by atoms with E-state index in [1.165, 1.54) is 0 Å². The van der Waals surface area contributed by atoms with Crippen LogP contribution < -0.4 is 10.2 Å². The summed E-state index contributed by atoms with van der Waals surface area (Å²) in [7, 11) is 3.33. The second kappa shape index (κ2) is 6.93. The third-order valence-electron chi connectivity index (χ3n) is 3.61. The Bertz CT molecular complexity index is 507. The lowest BCUT2D eigenvalue weighted by Crippen LogP contribution is -2.28. The standard InChI is InChI=1S/C14H21F3N4S/c1-4-22-10-7-5-6-9(10)18-13-19-11(14(15,16)17)8-12(20-13)21(2)3/h8-10H,4-7H2,1-3H3,(H,18,19,20). The van der Waals surface area contributed by atoms with Crippen LogP contribution >= 0.6 is 11.8 Å². The highest BCUT2D eigenvalue weighted by Crippen LogP contribution is 2.33. The predicted octanol–water partition coefficient (Wildman–Crippen LogP) is 3.65. The van der Waals surface area contributed by atoms with Gasteiger partial charge in [0.15, 0.2) is 5.69 Å². The van der Waals surface area contributed by atoms with Crippen LogP contribution in [0, 0.1) is 0 Å². The van der Waals surface area contributed by atoms with Crippen molar-refractivity contribution in [1.29, 1.82) is 0 Å². The summed E-state index contributed by atoms with van der Waals surface area (Å²) in [5, 5.41) is 3.52. The molecule has 2 rings (SSSR count). The van der Waals surface area contributed by atoms with Gasteiger partial charge < -0.3 is 10.2 Å². The first kappa shape index (κ1) is 17.2. The van der Waals surface area contributed by atoms with Crippen molar-refractivity contribution in [3.63, 3.8) is 0 Å². The van der Waals surface area contributed by atoms with E-state index in [2.05, 4.69) is 22.2 Å². The molecule has 0 aromatic carbocycles. The first-order valence-corrected chi connectivity index (χ1v) is 8.38. The maximum absolute atomic E-state index is 13.0. The van der Waals surface area contributed by atoms with Crippen LogP contribution in [0.4, 0.5) is 24.9 Å². The van der Waals surface area contributed by atoms with E-state index in [0.29, 0.717) is 5.25 Å². The van der Waals surface area contributed by atoms with Gasteiger partial charge in [-0.25, -0.2) is 4.98 Å². The van der Waals surface area contributed by atoms with E-state index in [-0.39, 0.29) is 17.8 Å². The minimum absolute atomic E-state index is 0.0622. The first-order valence-electron chi connectivity index (χ1n) is 7.33. The Balaban J connectivity index is 2.24. The molecule has 1 fully saturated rings. The number of aromatic nitrogens is 2. The molecule has 1 heterocycles. The van der Waals surface area contributed by atoms with Crippen molar-refractivity contribution in [2.45, 2.75) is 43.7 Å². The lowest BCUT2D eigenvalue weighted by molar-refractivity contribution is -0.141. The fraction of sp³-hybridized carbons (Fsp3) is 0.714. The van der Waals surface area contributed by atoms with Gasteiger partial charge in [0, 0.05) is 31.5 Å². The highest BCUT2D eigenvalue weighted by molar-refractivity contribution is 7.99. The van der Waals surface area contributed by atoms with E-state index >= 15 is 0 Å². The van der Waals surface area contributed by atoms with Gasteiger partial charge in [0.05, 0.1) is 0 Å². The lowest BCUT2D eigenvalue weighted by atomic mass is 10.2. The Kier molecular flexibility index (Phi) is 5.41. The van der Waals surface area contributed by atoms with Gasteiger partial charge in [-0.2, -0.15) is 29.9 Å². The van der Waals surface area contributed by atoms with Crippen molar-refractivity contribution in [1.82, 2.24) is 9.97 Å². The topological polar surface area (TPSA) is 41.1 Å². The van der Waals surface area contributed by atoms with Gasteiger partial charge in [0.25, 0.3) is 0 Å². The molecule has 2 atom stereocenters. The number of hydrogen-bond donors (Lipinski definition) is 1. The Hall–Kier alpha value is -1.18. The van der Waals surface area contributed by atoms with Gasteiger partial charge in [-0.05, 0) is 18.6 Å². The van der Waals surface area contributed by atoms with E-state index in [0.717, 1.165) is 31.1 Å². The summed E-state index contributed by atoms with van der Waals surface area (Å²) in [5.74, 6) is 1.31. The molecule has 8 heteroatoms. The third kappa shape index (κ3) is 4.18. The monoisotopic (exact) mass is 334 g/mol. The lowest BCUT2D eigenvalue weighted by Gasteiger charge is -2.22. The van der Waals surface area contributed by atoms with Crippen LogP contribution in [-0.4, -0.2) is 41.1 Å². The number of nitrogens with one attached hydrogen (secondary N) is 1. The molecule has 1 saturated carbocycles. The Labute approximate surface area is 132 Å². The molecule has 1 aliphatic rings. The maximum Gasteiger partial charge on any atom is 0.433 e. The summed E-state index contributed by atoms with van der Waals surface area (Å²) in [6.07, 6.45) is -1.38. The first-order chi connectivity index (χ1) is 10.3. The molecule has 0 aliphatic heterocycles. The largest absolute Gasteiger partial charge is 0.433 e. The van der Waals surface area contributed by atoms with Crippen LogP contribution in [0.3, 0.4) is 0 Å². The fourth-order valence-electron chi connectivity index (χ4n) is 2.54. The highest BCUT2D eigenvalue weighted by atomic mass is 32.2. The van der Waals surface area contributed by atoms with Crippen LogP contribution in [0.15, 0.2) is 6.07 Å². The molecule has 1 aromatic rings. The van der Waals surface area contributed by atoms with Gasteiger partial charge in [-0.3, -0.25) is 0 Å². The van der Waals surface area contributed by atoms with Crippen LogP contribution in [0.1, 0.15) is 31.9 Å². The summed E-state index contributed by atoms with van der Waals surface area (Å²) in [5.41, 5.74) is -0.911. The van der Waals surface area contributed by atoms with Crippen LogP contribution in [0.2, 0.25) is 0 Å². The Morgan fingerprint density at radius 1 is 1.32 bits per heavy atom. The normalized spacial score (nSPS) is 21.9. The molecule has 2 unspecified atom stereocenters. The zero-order valence-electron chi connectivity index (χ0n) is 12.9. The minimum atomic E-state index is -4.47. The van der Waals surface area contributed by atoms with Crippen molar-refractivity contribution in [3.8, 4) is 0 Å². The van der Waals surface area contributed by atoms with Crippen molar-refractivity contribution < 1.29 is 13.2 Å². The molecule has 0 spiro atoms. The van der Waals surface area contributed by atoms with Crippen LogP contribution in [-0.2, 0) is 6.18 Å². The van der Waals surface area contributed by atoms with Crippen molar-refractivity contribution in [3.05, 3.63) is 11.8 Å². The SMILES string of the molecule is CCSC1CCCC1Nc1nc(N(C)C)cc(C(F)(F)F)n1. The average molecular weight is 334 g/mol. The zero-order chi connectivity index (χ0) is 16.3. The molecule has 0 radical (unpaired) electrons. The van der Waals surface area contributed by atoms with E-state index < -0.39 is 11.9 Å². The Morgan fingerprint density at radius 3 is 2.64 bits per heavy atom. The smallest absolute Gasteiger partial charge is 0.363 e. The van der Waals surface area contributed by atoms with Crippen molar-refractivity contribution in [2.75, 3.05) is 30.1 Å². The van der Waals surface area contributed by atoms with E-state index in [1.807, 2.05) is 11.8 Å². The predicted molar refractivity (Wildman–Crippen MR) is 84.5 cm³/mol. The van der Waals surface area contributed by atoms with E-state index in [1.54, 1.807) is 19.0 Å². The Morgan fingerprint density at radius 2 is 2.05 bits per heavy atom. The summed E-state index contributed by atoms with van der Waals surface area (Å²) < 4.78 is 38.9. The quantitative estimate of drug-likeness (QED) is 0.890. The van der Waals surface area contributed by atoms with Crippen LogP contribution in [0.25, 0.3) is 0 Å². The molecule has 0 bridgehead atoms. The third-order valence-corrected chi connectivity index (χ3v) is 4.93. The molecule has 1 aromatic heterocycles. The van der Waals surface area contributed by atoms with Gasteiger partial charge >= 0.3 is 6.18 Å². The number of anilines is 2. The number of rotatable bonds is 5. The molecular weight excluding hydrogens is 313 g/mol. The van der Waals surface area contributed by atoms with Crippen molar-refractivity contribution in [2.24, 2.45) is 0 Å². The summed E-state index contributed by atoms with van der Waals surface area (Å²) >= 11 is 1.84. The minimum Gasteiger partial charge on any atom is -0.363 e. The van der Waals surface area contributed by atoms with E-state index in [9.17, 15) is 13.2 Å². The second-order valence-corrected chi connectivity index (χ2v) is 7.02. The number of nitrogens with zero attached hydrogens (tertiary/aromatic N) is 3. The molecule has 124 valence electrons. The van der Waals surface area contributed by atoms with Crippen molar-refractivity contribution >= 4 is 23.5 Å². The zero-order valence-corrected chi connectivity index (χ0v) is 13.8. The molecule has 1 aliphatic carbocycles. The van der Waals surface area contributed by atoms with E-state index in [4.69, 9.17) is 0 Å². The molecule has 1 N–H and O–H groups in total. The fourth-order valence-corrected chi connectivity index (χ4v) is 3.74. The van der Waals surface area contributed by atoms with Gasteiger partial charge in [-0.1, -0.05) is 13.3 Å². The van der Waals surface area contributed by atoms with Gasteiger partial charge in [-0.15, -0.1) is 0 Å². The summed E-state index contributed by atoms with van der Waals surface area (Å²) in [6.45, 7) is 2.09. The maximum atomic E-state index is 13.0. The molecule has 4 nitrogen and oxygen atoms in total. The average Bonchev–Trinajstić information content (AvgIpc) is 2.85. The molecular formula is C14H21F3N4S. The number of halogens is 3. The summed E-state index contributed by atoms with van der Waals surface area (Å²) in [6, 6.07) is 1.10. The second-order valence-electron chi connectivity index (χ2n) is 5.50. The highest BCUT2D eigenvalue weighted by Gasteiger charge is 2.35.